The minimum absolute atomic E-state index is 0.345. The fraction of sp³-hybridized carbons (Fsp3) is 0.636. The average molecular weight is 275 g/mol. The topological polar surface area (TPSA) is 32.3 Å². The van der Waals surface area contributed by atoms with E-state index in [0.29, 0.717) is 17.1 Å². The fourth-order valence-electron chi connectivity index (χ4n) is 2.13. The molecule has 94 valence electrons. The van der Waals surface area contributed by atoms with Crippen LogP contribution >= 0.6 is 23.2 Å². The number of rotatable bonds is 3. The third-order valence-corrected chi connectivity index (χ3v) is 3.79. The second kappa shape index (κ2) is 5.38. The van der Waals surface area contributed by atoms with Crippen molar-refractivity contribution in [3.8, 4) is 0 Å². The van der Waals surface area contributed by atoms with E-state index in [1.807, 2.05) is 0 Å². The van der Waals surface area contributed by atoms with Crippen LogP contribution in [0.25, 0.3) is 0 Å². The molecule has 0 aliphatic carbocycles. The summed E-state index contributed by atoms with van der Waals surface area (Å²) in [5.74, 6) is 1.22. The maximum Gasteiger partial charge on any atom is 0.138 e. The Labute approximate surface area is 112 Å². The van der Waals surface area contributed by atoms with Crippen molar-refractivity contribution in [3.05, 3.63) is 17.0 Å². The summed E-state index contributed by atoms with van der Waals surface area (Å²) in [6, 6.07) is 0.562. The quantitative estimate of drug-likeness (QED) is 0.624. The first kappa shape index (κ1) is 12.9. The molecule has 0 amide bonds. The minimum Gasteiger partial charge on any atom is -0.355 e. The number of alkyl halides is 1. The van der Waals surface area contributed by atoms with Gasteiger partial charge in [0.05, 0.1) is 5.88 Å². The molecule has 1 aromatic heterocycles. The molecule has 1 aromatic rings. The SMILES string of the molecule is CN(C)C1CCN(c2ncnc(Cl)c2CCl)C1. The second-order valence-corrected chi connectivity index (χ2v) is 5.08. The molecule has 1 unspecified atom stereocenters. The van der Waals surface area contributed by atoms with Crippen LogP contribution in [0.4, 0.5) is 5.82 Å². The van der Waals surface area contributed by atoms with Crippen molar-refractivity contribution < 1.29 is 0 Å². The largest absolute Gasteiger partial charge is 0.355 e. The van der Waals surface area contributed by atoms with Gasteiger partial charge >= 0.3 is 0 Å². The van der Waals surface area contributed by atoms with Crippen molar-refractivity contribution in [2.45, 2.75) is 18.3 Å². The maximum absolute atomic E-state index is 6.03. The lowest BCUT2D eigenvalue weighted by atomic mass is 10.2. The highest BCUT2D eigenvalue weighted by molar-refractivity contribution is 6.31. The van der Waals surface area contributed by atoms with Gasteiger partial charge in [-0.25, -0.2) is 9.97 Å². The minimum atomic E-state index is 0.345. The average Bonchev–Trinajstić information content (AvgIpc) is 2.77. The molecule has 17 heavy (non-hydrogen) atoms. The van der Waals surface area contributed by atoms with Gasteiger partial charge in [0.1, 0.15) is 17.3 Å². The maximum atomic E-state index is 6.03. The van der Waals surface area contributed by atoms with E-state index < -0.39 is 0 Å². The van der Waals surface area contributed by atoms with E-state index in [0.717, 1.165) is 30.9 Å². The standard InChI is InChI=1S/C11H16Cl2N4/c1-16(2)8-3-4-17(6-8)11-9(5-12)10(13)14-7-15-11/h7-8H,3-6H2,1-2H3. The van der Waals surface area contributed by atoms with E-state index in [-0.39, 0.29) is 0 Å². The number of hydrogen-bond acceptors (Lipinski definition) is 4. The Balaban J connectivity index is 2.21. The molecule has 0 saturated carbocycles. The summed E-state index contributed by atoms with van der Waals surface area (Å²) < 4.78 is 0. The fourth-order valence-corrected chi connectivity index (χ4v) is 2.63. The van der Waals surface area contributed by atoms with Crippen molar-refractivity contribution in [3.63, 3.8) is 0 Å². The number of halogens is 2. The Morgan fingerprint density at radius 1 is 1.47 bits per heavy atom. The summed E-state index contributed by atoms with van der Waals surface area (Å²) in [4.78, 5) is 12.8. The van der Waals surface area contributed by atoms with E-state index >= 15 is 0 Å². The van der Waals surface area contributed by atoms with Gasteiger partial charge in [-0.1, -0.05) is 11.6 Å². The molecule has 1 fully saturated rings. The summed E-state index contributed by atoms with van der Waals surface area (Å²) in [5.41, 5.74) is 0.829. The van der Waals surface area contributed by atoms with Crippen LogP contribution in [-0.2, 0) is 5.88 Å². The molecule has 1 saturated heterocycles. The van der Waals surface area contributed by atoms with Crippen LogP contribution in [-0.4, -0.2) is 48.1 Å². The third kappa shape index (κ3) is 2.64. The van der Waals surface area contributed by atoms with Gasteiger partial charge in [0.15, 0.2) is 0 Å². The highest BCUT2D eigenvalue weighted by Gasteiger charge is 2.27. The molecule has 4 nitrogen and oxygen atoms in total. The van der Waals surface area contributed by atoms with Crippen molar-refractivity contribution in [2.75, 3.05) is 32.1 Å². The summed E-state index contributed by atoms with van der Waals surface area (Å²) in [7, 11) is 4.20. The van der Waals surface area contributed by atoms with Gasteiger partial charge in [-0.05, 0) is 20.5 Å². The molecule has 0 aromatic carbocycles. The van der Waals surface area contributed by atoms with Gasteiger partial charge in [0, 0.05) is 24.7 Å². The Bertz CT molecular complexity index is 397. The van der Waals surface area contributed by atoms with Gasteiger partial charge in [0.25, 0.3) is 0 Å². The molecule has 0 bridgehead atoms. The van der Waals surface area contributed by atoms with E-state index in [4.69, 9.17) is 23.2 Å². The van der Waals surface area contributed by atoms with Crippen molar-refractivity contribution >= 4 is 29.0 Å². The molecule has 0 spiro atoms. The van der Waals surface area contributed by atoms with Gasteiger partial charge in [0.2, 0.25) is 0 Å². The predicted octanol–water partition coefficient (Wildman–Crippen LogP) is 2.01. The summed E-state index contributed by atoms with van der Waals surface area (Å²) in [5, 5.41) is 0.457. The predicted molar refractivity (Wildman–Crippen MR) is 70.9 cm³/mol. The molecular weight excluding hydrogens is 259 g/mol. The number of aromatic nitrogens is 2. The molecule has 1 atom stereocenters. The lowest BCUT2D eigenvalue weighted by Crippen LogP contribution is -2.32. The zero-order chi connectivity index (χ0) is 12.4. The lowest BCUT2D eigenvalue weighted by molar-refractivity contribution is 0.315. The van der Waals surface area contributed by atoms with Gasteiger partial charge in [-0.3, -0.25) is 0 Å². The van der Waals surface area contributed by atoms with Crippen molar-refractivity contribution in [1.82, 2.24) is 14.9 Å². The number of likely N-dealkylation sites (N-methyl/N-ethyl adjacent to an activating group) is 1. The summed E-state index contributed by atoms with van der Waals surface area (Å²) in [6.45, 7) is 1.95. The van der Waals surface area contributed by atoms with Crippen LogP contribution in [0.1, 0.15) is 12.0 Å². The van der Waals surface area contributed by atoms with Crippen LogP contribution < -0.4 is 4.90 Å². The van der Waals surface area contributed by atoms with E-state index in [1.54, 1.807) is 0 Å². The summed E-state index contributed by atoms with van der Waals surface area (Å²) >= 11 is 11.9. The molecule has 1 aliphatic heterocycles. The Morgan fingerprint density at radius 3 is 2.82 bits per heavy atom. The number of hydrogen-bond donors (Lipinski definition) is 0. The zero-order valence-corrected chi connectivity index (χ0v) is 11.5. The molecule has 2 rings (SSSR count). The lowest BCUT2D eigenvalue weighted by Gasteiger charge is -2.22. The molecule has 2 heterocycles. The van der Waals surface area contributed by atoms with E-state index in [2.05, 4.69) is 33.9 Å². The van der Waals surface area contributed by atoms with Crippen LogP contribution in [0.15, 0.2) is 6.33 Å². The Kier molecular flexibility index (Phi) is 4.07. The first-order valence-electron chi connectivity index (χ1n) is 5.60. The van der Waals surface area contributed by atoms with Crippen LogP contribution in [0.3, 0.4) is 0 Å². The van der Waals surface area contributed by atoms with Crippen LogP contribution in [0.5, 0.6) is 0 Å². The first-order valence-corrected chi connectivity index (χ1v) is 6.51. The molecule has 1 aliphatic rings. The van der Waals surface area contributed by atoms with Gasteiger partial charge < -0.3 is 9.80 Å². The van der Waals surface area contributed by atoms with Crippen molar-refractivity contribution in [1.29, 1.82) is 0 Å². The third-order valence-electron chi connectivity index (χ3n) is 3.20. The smallest absolute Gasteiger partial charge is 0.138 e. The number of nitrogens with zero attached hydrogens (tertiary/aromatic N) is 4. The van der Waals surface area contributed by atoms with Gasteiger partial charge in [-0.2, -0.15) is 0 Å². The Hall–Kier alpha value is -0.580. The summed E-state index contributed by atoms with van der Waals surface area (Å²) in [6.07, 6.45) is 2.63. The van der Waals surface area contributed by atoms with Gasteiger partial charge in [-0.15, -0.1) is 11.6 Å². The highest BCUT2D eigenvalue weighted by Crippen LogP contribution is 2.28. The second-order valence-electron chi connectivity index (χ2n) is 4.45. The normalized spacial score (nSPS) is 20.3. The zero-order valence-electron chi connectivity index (χ0n) is 10.0. The first-order chi connectivity index (χ1) is 8.13. The number of anilines is 1. The molecular formula is C11H16Cl2N4. The van der Waals surface area contributed by atoms with E-state index in [9.17, 15) is 0 Å². The van der Waals surface area contributed by atoms with E-state index in [1.165, 1.54) is 6.33 Å². The molecule has 0 radical (unpaired) electrons. The highest BCUT2D eigenvalue weighted by atomic mass is 35.5. The molecule has 0 N–H and O–H groups in total. The van der Waals surface area contributed by atoms with Crippen molar-refractivity contribution in [2.24, 2.45) is 0 Å². The Morgan fingerprint density at radius 2 is 2.24 bits per heavy atom. The monoisotopic (exact) mass is 274 g/mol. The van der Waals surface area contributed by atoms with Crippen LogP contribution in [0.2, 0.25) is 5.15 Å². The molecule has 6 heteroatoms. The van der Waals surface area contributed by atoms with Crippen LogP contribution in [0, 0.1) is 0 Å².